The van der Waals surface area contributed by atoms with Gasteiger partial charge in [0.2, 0.25) is 5.72 Å². The van der Waals surface area contributed by atoms with E-state index in [0.717, 1.165) is 51.4 Å². The monoisotopic (exact) mass is 660 g/mol. The molecule has 11 nitrogen and oxygen atoms in total. The standard InChI is InChI=1S/C36H60N4O7/c1-4-6-7-8-9-10-11-12-13-14-15-17-23-31(22-5-2)39-35(43)47-46-33(29-41)36(44-3,40-26-20-16-21-27-40)30-45-34(42)38-28-32-24-18-19-25-37-32/h18-19,24-25,31H,4-17,20-23,26-28,30H2,1-3H3,(H,38,42)(H,39,43). The number of pyridine rings is 1. The van der Waals surface area contributed by atoms with E-state index in [1.807, 2.05) is 11.0 Å². The van der Waals surface area contributed by atoms with Crippen LogP contribution < -0.4 is 10.6 Å². The Morgan fingerprint density at radius 1 is 0.872 bits per heavy atom. The molecule has 0 aliphatic carbocycles. The average Bonchev–Trinajstić information content (AvgIpc) is 3.10. The lowest BCUT2D eigenvalue weighted by Crippen LogP contribution is -2.58. The third kappa shape index (κ3) is 16.0. The van der Waals surface area contributed by atoms with Crippen LogP contribution in [0.1, 0.15) is 135 Å². The predicted molar refractivity (Wildman–Crippen MR) is 182 cm³/mol. The number of methoxy groups -OCH3 is 1. The van der Waals surface area contributed by atoms with Gasteiger partial charge in [0.05, 0.1) is 12.2 Å². The van der Waals surface area contributed by atoms with Crippen molar-refractivity contribution in [3.05, 3.63) is 35.8 Å². The number of hydrogen-bond donors (Lipinski definition) is 2. The molecule has 0 saturated carbocycles. The van der Waals surface area contributed by atoms with E-state index >= 15 is 0 Å². The fraction of sp³-hybridized carbons (Fsp3) is 0.750. The number of likely N-dealkylation sites (tertiary alicyclic amines) is 1. The van der Waals surface area contributed by atoms with Crippen molar-refractivity contribution >= 4 is 18.1 Å². The van der Waals surface area contributed by atoms with E-state index in [0.29, 0.717) is 18.8 Å². The van der Waals surface area contributed by atoms with Crippen LogP contribution in [0.25, 0.3) is 0 Å². The van der Waals surface area contributed by atoms with Crippen molar-refractivity contribution in [2.75, 3.05) is 26.8 Å². The maximum atomic E-state index is 12.8. The molecule has 0 radical (unpaired) electrons. The minimum atomic E-state index is -1.62. The van der Waals surface area contributed by atoms with Gasteiger partial charge in [-0.25, -0.2) is 19.3 Å². The Balaban J connectivity index is 1.83. The molecular weight excluding hydrogens is 600 g/mol. The fourth-order valence-corrected chi connectivity index (χ4v) is 6.02. The predicted octanol–water partition coefficient (Wildman–Crippen LogP) is 7.77. The minimum Gasteiger partial charge on any atom is -0.444 e. The summed E-state index contributed by atoms with van der Waals surface area (Å²) in [6.07, 6.45) is 20.7. The first-order valence-electron chi connectivity index (χ1n) is 18.0. The topological polar surface area (TPSA) is 128 Å². The second-order valence-corrected chi connectivity index (χ2v) is 12.5. The highest BCUT2D eigenvalue weighted by Gasteiger charge is 2.47. The van der Waals surface area contributed by atoms with Gasteiger partial charge in [-0.2, -0.15) is 0 Å². The molecule has 2 unspecified atom stereocenters. The zero-order valence-electron chi connectivity index (χ0n) is 29.2. The molecule has 2 heterocycles. The lowest BCUT2D eigenvalue weighted by molar-refractivity contribution is -0.257. The molecule has 1 aliphatic rings. The number of carbonyl (C=O) groups is 2. The number of carbonyl (C=O) groups excluding carboxylic acids is 3. The van der Waals surface area contributed by atoms with Gasteiger partial charge in [-0.1, -0.05) is 110 Å². The summed E-state index contributed by atoms with van der Waals surface area (Å²) in [5.41, 5.74) is -0.960. The lowest BCUT2D eigenvalue weighted by atomic mass is 10.0. The number of nitrogens with one attached hydrogen (secondary N) is 2. The Morgan fingerprint density at radius 2 is 1.53 bits per heavy atom. The average molecular weight is 661 g/mol. The molecule has 1 aliphatic heterocycles. The summed E-state index contributed by atoms with van der Waals surface area (Å²) in [6.45, 7) is 5.23. The van der Waals surface area contributed by atoms with Crippen LogP contribution in [-0.2, 0) is 30.6 Å². The maximum absolute atomic E-state index is 12.8. The van der Waals surface area contributed by atoms with Gasteiger partial charge in [-0.05, 0) is 37.8 Å². The Labute approximate surface area is 282 Å². The first kappa shape index (κ1) is 40.0. The first-order valence-corrected chi connectivity index (χ1v) is 18.0. The van der Waals surface area contributed by atoms with Crippen LogP contribution in [0.3, 0.4) is 0 Å². The molecule has 2 N–H and O–H groups in total. The second kappa shape index (κ2) is 25.0. The van der Waals surface area contributed by atoms with Crippen molar-refractivity contribution in [3.63, 3.8) is 0 Å². The Bertz CT molecular complexity index is 1030. The Morgan fingerprint density at radius 3 is 2.11 bits per heavy atom. The molecule has 2 rings (SSSR count). The summed E-state index contributed by atoms with van der Waals surface area (Å²) >= 11 is 0. The number of alkyl carbamates (subject to hydrolysis) is 1. The molecule has 0 aromatic carbocycles. The van der Waals surface area contributed by atoms with Crippen molar-refractivity contribution in [1.29, 1.82) is 0 Å². The van der Waals surface area contributed by atoms with Crippen LogP contribution >= 0.6 is 0 Å². The third-order valence-corrected chi connectivity index (χ3v) is 8.76. The van der Waals surface area contributed by atoms with Gasteiger partial charge in [0, 0.05) is 32.4 Å². The molecule has 2 atom stereocenters. The smallest absolute Gasteiger partial charge is 0.444 e. The summed E-state index contributed by atoms with van der Waals surface area (Å²) < 4.78 is 11.3. The molecule has 0 spiro atoms. The number of hydrogen-bond acceptors (Lipinski definition) is 9. The number of nitrogens with zero attached hydrogens (tertiary/aromatic N) is 2. The van der Waals surface area contributed by atoms with Crippen LogP contribution in [-0.4, -0.2) is 66.6 Å². The highest BCUT2D eigenvalue weighted by molar-refractivity contribution is 5.68. The van der Waals surface area contributed by atoms with Gasteiger partial charge in [-0.15, -0.1) is 0 Å². The number of amides is 2. The number of ether oxygens (including phenoxy) is 2. The molecule has 1 fully saturated rings. The van der Waals surface area contributed by atoms with E-state index in [4.69, 9.17) is 19.2 Å². The number of piperidine rings is 1. The normalized spacial score (nSPS) is 15.1. The molecule has 266 valence electrons. The molecule has 2 amide bonds. The van der Waals surface area contributed by atoms with E-state index in [-0.39, 0.29) is 19.2 Å². The second-order valence-electron chi connectivity index (χ2n) is 12.5. The zero-order valence-corrected chi connectivity index (χ0v) is 29.2. The molecule has 0 bridgehead atoms. The highest BCUT2D eigenvalue weighted by atomic mass is 17.2. The molecular formula is C36H60N4O7. The molecule has 11 heteroatoms. The molecule has 47 heavy (non-hydrogen) atoms. The third-order valence-electron chi connectivity index (χ3n) is 8.76. The number of unbranched alkanes of at least 4 members (excludes halogenated alkanes) is 11. The lowest BCUT2D eigenvalue weighted by Gasteiger charge is -2.42. The van der Waals surface area contributed by atoms with Crippen LogP contribution in [0.5, 0.6) is 0 Å². The summed E-state index contributed by atoms with van der Waals surface area (Å²) in [6, 6.07) is 5.32. The van der Waals surface area contributed by atoms with Crippen molar-refractivity contribution in [2.45, 2.75) is 148 Å². The van der Waals surface area contributed by atoms with Gasteiger partial charge in [0.15, 0.2) is 5.94 Å². The molecule has 1 aromatic heterocycles. The fourth-order valence-electron chi connectivity index (χ4n) is 6.02. The van der Waals surface area contributed by atoms with Gasteiger partial charge < -0.3 is 20.1 Å². The van der Waals surface area contributed by atoms with Crippen LogP contribution in [0.2, 0.25) is 0 Å². The highest BCUT2D eigenvalue weighted by Crippen LogP contribution is 2.30. The molecule has 1 aromatic rings. The van der Waals surface area contributed by atoms with Gasteiger partial charge in [-0.3, -0.25) is 14.8 Å². The first-order chi connectivity index (χ1) is 23.0. The van der Waals surface area contributed by atoms with Crippen LogP contribution in [0.15, 0.2) is 30.2 Å². The Kier molecular flexibility index (Phi) is 21.3. The Hall–Kier alpha value is -3.14. The summed E-state index contributed by atoms with van der Waals surface area (Å²) in [5.74, 6) is 1.31. The van der Waals surface area contributed by atoms with Crippen molar-refractivity contribution in [2.24, 2.45) is 0 Å². The zero-order chi connectivity index (χ0) is 34.0. The van der Waals surface area contributed by atoms with Crippen LogP contribution in [0.4, 0.5) is 9.59 Å². The number of rotatable bonds is 25. The van der Waals surface area contributed by atoms with E-state index in [1.165, 1.54) is 71.3 Å². The van der Waals surface area contributed by atoms with Crippen LogP contribution in [0, 0.1) is 0 Å². The minimum absolute atomic E-state index is 0.0664. The summed E-state index contributed by atoms with van der Waals surface area (Å²) in [7, 11) is 1.39. The summed E-state index contributed by atoms with van der Waals surface area (Å²) in [5, 5.41) is 5.52. The van der Waals surface area contributed by atoms with Crippen molar-refractivity contribution in [3.8, 4) is 0 Å². The largest absolute Gasteiger partial charge is 0.450 e. The van der Waals surface area contributed by atoms with Gasteiger partial charge in [0.1, 0.15) is 6.61 Å². The van der Waals surface area contributed by atoms with E-state index < -0.39 is 23.7 Å². The maximum Gasteiger partial charge on any atom is 0.450 e. The van der Waals surface area contributed by atoms with Gasteiger partial charge in [0.25, 0.3) is 5.76 Å². The molecule has 1 saturated heterocycles. The van der Waals surface area contributed by atoms with Crippen molar-refractivity contribution in [1.82, 2.24) is 20.5 Å². The quantitative estimate of drug-likeness (QED) is 0.0355. The SMILES string of the molecule is CCCCCCCCCCCCCCC(CCC)NC(=O)OOC(=C=O)C(COC(=O)NCc1ccccn1)(OC)N1CCCCC1. The van der Waals surface area contributed by atoms with Gasteiger partial charge >= 0.3 is 12.2 Å². The summed E-state index contributed by atoms with van der Waals surface area (Å²) in [4.78, 5) is 54.0. The van der Waals surface area contributed by atoms with E-state index in [1.54, 1.807) is 24.3 Å². The van der Waals surface area contributed by atoms with E-state index in [9.17, 15) is 14.4 Å². The van der Waals surface area contributed by atoms with Crippen molar-refractivity contribution < 1.29 is 33.6 Å². The number of aromatic nitrogens is 1. The van der Waals surface area contributed by atoms with E-state index in [2.05, 4.69) is 29.5 Å².